The Morgan fingerprint density at radius 3 is 3.00 bits per heavy atom. The Balaban J connectivity index is 1.93. The van der Waals surface area contributed by atoms with Crippen LogP contribution in [-0.4, -0.2) is 27.2 Å². The molecule has 1 aromatic carbocycles. The van der Waals surface area contributed by atoms with Crippen LogP contribution in [0.15, 0.2) is 36.8 Å². The molecule has 4 nitrogen and oxygen atoms in total. The Morgan fingerprint density at radius 2 is 2.10 bits per heavy atom. The zero-order chi connectivity index (χ0) is 13.5. The first-order valence-electron chi connectivity index (χ1n) is 7.15. The predicted molar refractivity (Wildman–Crippen MR) is 78.7 cm³/mol. The van der Waals surface area contributed by atoms with Gasteiger partial charge in [0.2, 0.25) is 0 Å². The lowest BCUT2D eigenvalue weighted by Gasteiger charge is -2.28. The van der Waals surface area contributed by atoms with Gasteiger partial charge in [-0.05, 0) is 25.8 Å². The third-order valence-electron chi connectivity index (χ3n) is 4.16. The number of hydrogen-bond donors (Lipinski definition) is 0. The van der Waals surface area contributed by atoms with Gasteiger partial charge in [-0.15, -0.1) is 0 Å². The average Bonchev–Trinajstić information content (AvgIpc) is 2.91. The fourth-order valence-electron chi connectivity index (χ4n) is 3.17. The van der Waals surface area contributed by atoms with E-state index >= 15 is 0 Å². The van der Waals surface area contributed by atoms with Crippen molar-refractivity contribution in [2.75, 3.05) is 6.61 Å². The van der Waals surface area contributed by atoms with Gasteiger partial charge in [0, 0.05) is 18.0 Å². The van der Waals surface area contributed by atoms with Crippen molar-refractivity contribution in [2.24, 2.45) is 0 Å². The predicted octanol–water partition coefficient (Wildman–Crippen LogP) is 3.32. The lowest BCUT2D eigenvalue weighted by atomic mass is 10.0. The first kappa shape index (κ1) is 11.9. The number of benzene rings is 1. The van der Waals surface area contributed by atoms with E-state index in [0.717, 1.165) is 30.5 Å². The molecule has 0 N–H and O–H groups in total. The molecule has 2 atom stereocenters. The molecule has 4 rings (SSSR count). The molecule has 1 fully saturated rings. The molecule has 4 heteroatoms. The van der Waals surface area contributed by atoms with E-state index < -0.39 is 0 Å². The van der Waals surface area contributed by atoms with Gasteiger partial charge in [0.1, 0.15) is 5.52 Å². The Hall–Kier alpha value is -1.94. The standard InChI is InChI=1S/C16H17N3O/c1-11-8-12(6-7-20-11)19-10-18-15-9-17-14-5-3-2-4-13(14)16(15)19/h2-5,9-12H,6-8H2,1H3/t11-,12-/m1/s1. The number of nitrogens with zero attached hydrogens (tertiary/aromatic N) is 3. The van der Waals surface area contributed by atoms with Crippen LogP contribution >= 0.6 is 0 Å². The van der Waals surface area contributed by atoms with Crippen LogP contribution in [0.5, 0.6) is 0 Å². The number of pyridine rings is 1. The molecule has 3 heterocycles. The molecule has 0 radical (unpaired) electrons. The first-order chi connectivity index (χ1) is 9.83. The van der Waals surface area contributed by atoms with Gasteiger partial charge < -0.3 is 9.30 Å². The molecule has 0 bridgehead atoms. The number of aromatic nitrogens is 3. The van der Waals surface area contributed by atoms with E-state index in [4.69, 9.17) is 4.74 Å². The molecule has 0 spiro atoms. The van der Waals surface area contributed by atoms with Crippen LogP contribution in [0, 0.1) is 0 Å². The molecule has 0 unspecified atom stereocenters. The topological polar surface area (TPSA) is 39.9 Å². The zero-order valence-electron chi connectivity index (χ0n) is 11.5. The largest absolute Gasteiger partial charge is 0.378 e. The summed E-state index contributed by atoms with van der Waals surface area (Å²) in [7, 11) is 0. The fourth-order valence-corrected chi connectivity index (χ4v) is 3.17. The highest BCUT2D eigenvalue weighted by Gasteiger charge is 2.22. The van der Waals surface area contributed by atoms with Crippen LogP contribution in [0.4, 0.5) is 0 Å². The number of ether oxygens (including phenoxy) is 1. The van der Waals surface area contributed by atoms with Gasteiger partial charge in [-0.25, -0.2) is 4.98 Å². The summed E-state index contributed by atoms with van der Waals surface area (Å²) in [6, 6.07) is 8.74. The fraction of sp³-hybridized carbons (Fsp3) is 0.375. The maximum atomic E-state index is 5.66. The minimum Gasteiger partial charge on any atom is -0.378 e. The SMILES string of the molecule is C[C@@H]1C[C@H](n2cnc3cnc4ccccc4c32)CCO1. The highest BCUT2D eigenvalue weighted by Crippen LogP contribution is 2.31. The van der Waals surface area contributed by atoms with Crippen molar-refractivity contribution in [2.45, 2.75) is 31.9 Å². The highest BCUT2D eigenvalue weighted by molar-refractivity contribution is 6.01. The summed E-state index contributed by atoms with van der Waals surface area (Å²) in [6.45, 7) is 2.97. The molecular weight excluding hydrogens is 250 g/mol. The molecule has 0 amide bonds. The lowest BCUT2D eigenvalue weighted by Crippen LogP contribution is -2.25. The van der Waals surface area contributed by atoms with Crippen LogP contribution in [0.25, 0.3) is 21.9 Å². The van der Waals surface area contributed by atoms with Crippen molar-refractivity contribution in [3.63, 3.8) is 0 Å². The van der Waals surface area contributed by atoms with Crippen LogP contribution in [-0.2, 0) is 4.74 Å². The molecule has 0 saturated carbocycles. The van der Waals surface area contributed by atoms with Crippen LogP contribution in [0.1, 0.15) is 25.8 Å². The molecule has 20 heavy (non-hydrogen) atoms. The summed E-state index contributed by atoms with van der Waals surface area (Å²) in [6.07, 6.45) is 6.24. The quantitative estimate of drug-likeness (QED) is 0.679. The Bertz CT molecular complexity index is 765. The second kappa shape index (κ2) is 4.56. The van der Waals surface area contributed by atoms with Crippen molar-refractivity contribution in [1.29, 1.82) is 0 Å². The van der Waals surface area contributed by atoms with Crippen LogP contribution < -0.4 is 0 Å². The molecule has 1 aliphatic rings. The summed E-state index contributed by atoms with van der Waals surface area (Å²) < 4.78 is 7.98. The molecule has 102 valence electrons. The van der Waals surface area contributed by atoms with Crippen molar-refractivity contribution >= 4 is 21.9 Å². The highest BCUT2D eigenvalue weighted by atomic mass is 16.5. The third-order valence-corrected chi connectivity index (χ3v) is 4.16. The average molecular weight is 267 g/mol. The van der Waals surface area contributed by atoms with Gasteiger partial charge in [0.05, 0.1) is 29.7 Å². The lowest BCUT2D eigenvalue weighted by molar-refractivity contribution is 0.00674. The number of fused-ring (bicyclic) bond motifs is 3. The molecule has 1 aliphatic heterocycles. The third kappa shape index (κ3) is 1.79. The van der Waals surface area contributed by atoms with Gasteiger partial charge in [-0.2, -0.15) is 0 Å². The Kier molecular flexibility index (Phi) is 2.70. The summed E-state index contributed by atoms with van der Waals surface area (Å²) in [5, 5.41) is 1.18. The van der Waals surface area contributed by atoms with Gasteiger partial charge in [0.25, 0.3) is 0 Å². The minimum absolute atomic E-state index is 0.319. The van der Waals surface area contributed by atoms with Crippen molar-refractivity contribution in [3.8, 4) is 0 Å². The van der Waals surface area contributed by atoms with Crippen LogP contribution in [0.2, 0.25) is 0 Å². The molecule has 3 aromatic rings. The van der Waals surface area contributed by atoms with Crippen molar-refractivity contribution < 1.29 is 4.74 Å². The summed E-state index contributed by atoms with van der Waals surface area (Å²) >= 11 is 0. The van der Waals surface area contributed by atoms with E-state index in [1.54, 1.807) is 0 Å². The van der Waals surface area contributed by atoms with Gasteiger partial charge in [-0.1, -0.05) is 18.2 Å². The maximum Gasteiger partial charge on any atom is 0.107 e. The number of imidazole rings is 1. The van der Waals surface area contributed by atoms with E-state index in [1.165, 1.54) is 10.9 Å². The van der Waals surface area contributed by atoms with Gasteiger partial charge >= 0.3 is 0 Å². The van der Waals surface area contributed by atoms with Gasteiger partial charge in [-0.3, -0.25) is 4.98 Å². The second-order valence-electron chi connectivity index (χ2n) is 5.52. The molecular formula is C16H17N3O. The zero-order valence-corrected chi connectivity index (χ0v) is 11.5. The van der Waals surface area contributed by atoms with E-state index in [9.17, 15) is 0 Å². The van der Waals surface area contributed by atoms with E-state index in [0.29, 0.717) is 12.1 Å². The normalized spacial score (nSPS) is 23.4. The number of rotatable bonds is 1. The molecule has 2 aromatic heterocycles. The molecule has 1 saturated heterocycles. The summed E-state index contributed by atoms with van der Waals surface area (Å²) in [4.78, 5) is 9.01. The maximum absolute atomic E-state index is 5.66. The second-order valence-corrected chi connectivity index (χ2v) is 5.52. The first-order valence-corrected chi connectivity index (χ1v) is 7.15. The smallest absolute Gasteiger partial charge is 0.107 e. The number of hydrogen-bond acceptors (Lipinski definition) is 3. The van der Waals surface area contributed by atoms with E-state index in [2.05, 4.69) is 39.7 Å². The van der Waals surface area contributed by atoms with Crippen molar-refractivity contribution in [3.05, 3.63) is 36.8 Å². The van der Waals surface area contributed by atoms with E-state index in [-0.39, 0.29) is 0 Å². The van der Waals surface area contributed by atoms with Crippen LogP contribution in [0.3, 0.4) is 0 Å². The monoisotopic (exact) mass is 267 g/mol. The number of para-hydroxylation sites is 1. The summed E-state index contributed by atoms with van der Waals surface area (Å²) in [5.41, 5.74) is 3.21. The summed E-state index contributed by atoms with van der Waals surface area (Å²) in [5.74, 6) is 0. The van der Waals surface area contributed by atoms with E-state index in [1.807, 2.05) is 18.6 Å². The van der Waals surface area contributed by atoms with Crippen molar-refractivity contribution in [1.82, 2.24) is 14.5 Å². The molecule has 0 aliphatic carbocycles. The van der Waals surface area contributed by atoms with Gasteiger partial charge in [0.15, 0.2) is 0 Å². The minimum atomic E-state index is 0.319. The Morgan fingerprint density at radius 1 is 1.20 bits per heavy atom. The Labute approximate surface area is 117 Å².